The lowest BCUT2D eigenvalue weighted by Gasteiger charge is -2.14. The summed E-state index contributed by atoms with van der Waals surface area (Å²) in [5.41, 5.74) is 25.3. The maximum atomic E-state index is 5.36. The monoisotopic (exact) mass is 1530 g/mol. The minimum atomic E-state index is 0.589. The fourth-order valence-corrected chi connectivity index (χ4v) is 18.4. The molecule has 0 radical (unpaired) electrons. The summed E-state index contributed by atoms with van der Waals surface area (Å²) in [6, 6.07) is 148. The number of nitrogens with zero attached hydrogens (tertiary/aromatic N) is 10. The van der Waals surface area contributed by atoms with E-state index >= 15 is 0 Å². The molecule has 0 amide bonds. The van der Waals surface area contributed by atoms with Crippen LogP contribution in [-0.2, 0) is 0 Å². The molecule has 10 heteroatoms. The minimum absolute atomic E-state index is 0.589. The van der Waals surface area contributed by atoms with E-state index < -0.39 is 0 Å². The average molecular weight is 1530 g/mol. The van der Waals surface area contributed by atoms with Crippen molar-refractivity contribution in [3.8, 4) is 124 Å². The molecule has 10 nitrogen and oxygen atoms in total. The Morgan fingerprint density at radius 2 is 0.400 bits per heavy atom. The van der Waals surface area contributed by atoms with E-state index in [9.17, 15) is 0 Å². The summed E-state index contributed by atoms with van der Waals surface area (Å²) < 4.78 is 9.57. The molecule has 0 unspecified atom stereocenters. The predicted molar refractivity (Wildman–Crippen MR) is 495 cm³/mol. The standard InChI is InChI=1S/C110H68N10/c1-3-24-71(25-4-1)85-29-9-11-36-92(85)109-114-106(115-110(116-109)93-37-12-10-30-86(93)72-26-5-2-6-27-72)74-51-56-82(57-52-74)118-100-41-21-17-35-91(100)96-68-84(59-62-104(96)118)120-101-42-22-15-33-89(101)94-66-77(53-60-102(94)120)76-46-43-70-45-48-79(65-80(70)64-76)108-112-105(111-107(113-108)78-47-44-69-23-7-8-28-75(69)63-78)73-49-54-81(55-50-73)117-99-40-20-16-34-90(99)95-67-83(58-61-103(95)117)119-97-38-18-13-31-87(97)88-32-14-19-39-98(88)119/h1-68H. The third kappa shape index (κ3) is 11.3. The molecule has 6 heterocycles. The maximum Gasteiger partial charge on any atom is 0.164 e. The maximum absolute atomic E-state index is 5.36. The van der Waals surface area contributed by atoms with Crippen molar-refractivity contribution in [1.82, 2.24) is 48.2 Å². The number of benzene rings is 18. The molecule has 0 aliphatic heterocycles. The van der Waals surface area contributed by atoms with E-state index in [-0.39, 0.29) is 0 Å². The highest BCUT2D eigenvalue weighted by Gasteiger charge is 2.24. The number of hydrogen-bond donors (Lipinski definition) is 0. The minimum Gasteiger partial charge on any atom is -0.309 e. The molecule has 18 aromatic carbocycles. The Morgan fingerprint density at radius 1 is 0.133 bits per heavy atom. The van der Waals surface area contributed by atoms with Crippen molar-refractivity contribution in [3.05, 3.63) is 413 Å². The molecule has 558 valence electrons. The topological polar surface area (TPSA) is 97.1 Å². The molecule has 0 spiro atoms. The van der Waals surface area contributed by atoms with Crippen LogP contribution in [0.2, 0.25) is 0 Å². The summed E-state index contributed by atoms with van der Waals surface area (Å²) in [5, 5.41) is 14.0. The third-order valence-electron chi connectivity index (χ3n) is 24.1. The van der Waals surface area contributed by atoms with Crippen molar-refractivity contribution in [2.75, 3.05) is 0 Å². The average Bonchev–Trinajstić information content (AvgIpc) is 1.58. The number of para-hydroxylation sites is 5. The van der Waals surface area contributed by atoms with Gasteiger partial charge >= 0.3 is 0 Å². The first-order valence-corrected chi connectivity index (χ1v) is 40.6. The van der Waals surface area contributed by atoms with Crippen molar-refractivity contribution in [3.63, 3.8) is 0 Å². The van der Waals surface area contributed by atoms with Crippen LogP contribution in [0.3, 0.4) is 0 Å². The molecule has 0 saturated carbocycles. The lowest BCUT2D eigenvalue weighted by Crippen LogP contribution is -2.02. The van der Waals surface area contributed by atoms with Gasteiger partial charge in [0.05, 0.1) is 44.1 Å². The van der Waals surface area contributed by atoms with Gasteiger partial charge in [0.15, 0.2) is 34.9 Å². The Labute approximate surface area is 689 Å². The van der Waals surface area contributed by atoms with E-state index in [1.165, 1.54) is 43.4 Å². The second kappa shape index (κ2) is 27.7. The molecular weight excluding hydrogens is 1460 g/mol. The van der Waals surface area contributed by atoms with Gasteiger partial charge in [0.2, 0.25) is 0 Å². The van der Waals surface area contributed by atoms with Gasteiger partial charge in [-0.25, -0.2) is 29.9 Å². The second-order valence-electron chi connectivity index (χ2n) is 30.9. The van der Waals surface area contributed by atoms with Crippen LogP contribution in [-0.4, -0.2) is 48.2 Å². The summed E-state index contributed by atoms with van der Waals surface area (Å²) in [6.45, 7) is 0. The molecule has 0 aliphatic rings. The highest BCUT2D eigenvalue weighted by atomic mass is 15.1. The molecule has 0 atom stereocenters. The number of fused-ring (bicyclic) bond motifs is 14. The summed E-state index contributed by atoms with van der Waals surface area (Å²) in [5.74, 6) is 3.59. The van der Waals surface area contributed by atoms with Gasteiger partial charge in [-0.1, -0.05) is 267 Å². The zero-order chi connectivity index (χ0) is 78.9. The lowest BCUT2D eigenvalue weighted by atomic mass is 9.98. The molecule has 24 rings (SSSR count). The van der Waals surface area contributed by atoms with Crippen LogP contribution in [0.4, 0.5) is 0 Å². The second-order valence-corrected chi connectivity index (χ2v) is 30.9. The first-order chi connectivity index (χ1) is 59.5. The van der Waals surface area contributed by atoms with Crippen LogP contribution < -0.4 is 0 Å². The summed E-state index contributed by atoms with van der Waals surface area (Å²) in [6.07, 6.45) is 0. The van der Waals surface area contributed by atoms with Crippen LogP contribution in [0.1, 0.15) is 0 Å². The fraction of sp³-hybridized carbons (Fsp3) is 0. The van der Waals surface area contributed by atoms with E-state index in [0.29, 0.717) is 34.9 Å². The van der Waals surface area contributed by atoms with E-state index in [1.54, 1.807) is 0 Å². The zero-order valence-electron chi connectivity index (χ0n) is 64.7. The Hall–Kier alpha value is -16.3. The summed E-state index contributed by atoms with van der Waals surface area (Å²) >= 11 is 0. The number of rotatable bonds is 13. The molecule has 0 aliphatic carbocycles. The normalized spacial score (nSPS) is 11.8. The Kier molecular flexibility index (Phi) is 15.7. The first-order valence-electron chi connectivity index (χ1n) is 40.6. The number of aromatic nitrogens is 10. The van der Waals surface area contributed by atoms with Crippen molar-refractivity contribution in [2.45, 2.75) is 0 Å². The van der Waals surface area contributed by atoms with Crippen LogP contribution in [0.5, 0.6) is 0 Å². The van der Waals surface area contributed by atoms with Crippen molar-refractivity contribution >= 4 is 109 Å². The smallest absolute Gasteiger partial charge is 0.164 e. The first kappa shape index (κ1) is 68.1. The van der Waals surface area contributed by atoms with E-state index in [0.717, 1.165) is 155 Å². The van der Waals surface area contributed by atoms with Gasteiger partial charge in [-0.05, 0) is 201 Å². The van der Waals surface area contributed by atoms with Gasteiger partial charge in [-0.3, -0.25) is 0 Å². The molecule has 120 heavy (non-hydrogen) atoms. The molecule has 24 aromatic rings. The van der Waals surface area contributed by atoms with Crippen LogP contribution in [0.25, 0.3) is 233 Å². The van der Waals surface area contributed by atoms with Gasteiger partial charge in [-0.15, -0.1) is 0 Å². The van der Waals surface area contributed by atoms with Gasteiger partial charge in [-0.2, -0.15) is 0 Å². The SMILES string of the molecule is c1ccc(-c2ccccc2-c2nc(-c3ccc(-n4c5ccccc5c5cc(-n6c7ccccc7c7cc(-c8ccc9ccc(-c%10nc(-c%11ccc(-n%12c%13ccccc%13c%13cc(-n%14c%15ccccc%15c%15ccccc%15%14)ccc%13%12)cc%11)nc(-c%11ccc%12ccccc%12c%11)n%10)cc9c8)ccc76)ccc54)cc3)nc(-c3ccccc3-c3ccccc3)n2)cc1. The summed E-state index contributed by atoms with van der Waals surface area (Å²) in [4.78, 5) is 31.9. The van der Waals surface area contributed by atoms with Gasteiger partial charge in [0.25, 0.3) is 0 Å². The quantitative estimate of drug-likeness (QED) is 0.114. The van der Waals surface area contributed by atoms with E-state index in [2.05, 4.69) is 419 Å². The zero-order valence-corrected chi connectivity index (χ0v) is 64.7. The largest absolute Gasteiger partial charge is 0.309 e. The van der Waals surface area contributed by atoms with Gasteiger partial charge in [0.1, 0.15) is 0 Å². The Balaban J connectivity index is 0.565. The van der Waals surface area contributed by atoms with E-state index in [1.807, 2.05) is 12.1 Å². The third-order valence-corrected chi connectivity index (χ3v) is 24.1. The molecule has 0 fully saturated rings. The van der Waals surface area contributed by atoms with Gasteiger partial charge in [0, 0.05) is 99.2 Å². The Bertz CT molecular complexity index is 8120. The molecule has 0 saturated heterocycles. The molecular formula is C110H68N10. The Morgan fingerprint density at radius 3 is 0.850 bits per heavy atom. The summed E-state index contributed by atoms with van der Waals surface area (Å²) in [7, 11) is 0. The molecule has 0 N–H and O–H groups in total. The highest BCUT2D eigenvalue weighted by molar-refractivity contribution is 6.15. The van der Waals surface area contributed by atoms with Crippen LogP contribution in [0, 0.1) is 0 Å². The number of hydrogen-bond acceptors (Lipinski definition) is 6. The van der Waals surface area contributed by atoms with Crippen molar-refractivity contribution in [1.29, 1.82) is 0 Å². The van der Waals surface area contributed by atoms with Crippen LogP contribution >= 0.6 is 0 Å². The van der Waals surface area contributed by atoms with Crippen LogP contribution in [0.15, 0.2) is 413 Å². The van der Waals surface area contributed by atoms with Gasteiger partial charge < -0.3 is 18.3 Å². The fourth-order valence-electron chi connectivity index (χ4n) is 18.4. The lowest BCUT2D eigenvalue weighted by molar-refractivity contribution is 1.07. The highest BCUT2D eigenvalue weighted by Crippen LogP contribution is 2.44. The predicted octanol–water partition coefficient (Wildman–Crippen LogP) is 27.8. The van der Waals surface area contributed by atoms with Crippen molar-refractivity contribution in [2.24, 2.45) is 0 Å². The van der Waals surface area contributed by atoms with Crippen molar-refractivity contribution < 1.29 is 0 Å². The molecule has 0 bridgehead atoms. The van der Waals surface area contributed by atoms with E-state index in [4.69, 9.17) is 29.9 Å². The molecule has 6 aromatic heterocycles.